The third-order valence-electron chi connectivity index (χ3n) is 1.43. The predicted molar refractivity (Wildman–Crippen MR) is 57.9 cm³/mol. The van der Waals surface area contributed by atoms with Gasteiger partial charge in [-0.15, -0.1) is 0 Å². The molecule has 1 nitrogen and oxygen atoms in total. The van der Waals surface area contributed by atoms with Crippen molar-refractivity contribution in [2.45, 2.75) is 51.6 Å². The molecule has 0 fully saturated rings. The van der Waals surface area contributed by atoms with Crippen LogP contribution in [-0.2, 0) is 4.43 Å². The lowest BCUT2D eigenvalue weighted by Crippen LogP contribution is -2.38. The Morgan fingerprint density at radius 1 is 1.27 bits per heavy atom. The van der Waals surface area contributed by atoms with Crippen molar-refractivity contribution in [3.05, 3.63) is 0 Å². The Hall–Kier alpha value is 0.394. The summed E-state index contributed by atoms with van der Waals surface area (Å²) in [5.41, 5.74) is 0.0620. The summed E-state index contributed by atoms with van der Waals surface area (Å²) in [7, 11) is 0.0120. The van der Waals surface area contributed by atoms with Crippen LogP contribution in [0.5, 0.6) is 0 Å². The second-order valence-electron chi connectivity index (χ2n) is 4.72. The molecule has 68 valence electrons. The summed E-state index contributed by atoms with van der Waals surface area (Å²) in [6, 6.07) is 2.71. The molecule has 0 radical (unpaired) electrons. The lowest BCUT2D eigenvalue weighted by molar-refractivity contribution is 0.120. The minimum Gasteiger partial charge on any atom is -0.413 e. The molecule has 0 aromatic heterocycles. The van der Waals surface area contributed by atoms with E-state index in [-0.39, 0.29) is 5.60 Å². The second-order valence-corrected chi connectivity index (χ2v) is 9.95. The molecule has 0 rings (SSSR count). The number of hydrogen-bond donors (Lipinski definition) is 0. The van der Waals surface area contributed by atoms with Gasteiger partial charge in [0.25, 0.3) is 0 Å². The van der Waals surface area contributed by atoms with E-state index in [0.717, 1.165) is 0 Å². The van der Waals surface area contributed by atoms with E-state index in [1.54, 1.807) is 0 Å². The van der Waals surface area contributed by atoms with Crippen LogP contribution in [0, 0.1) is 0 Å². The first kappa shape index (κ1) is 11.4. The number of hydrogen-bond acceptors (Lipinski definition) is 1. The molecule has 11 heavy (non-hydrogen) atoms. The molecule has 0 spiro atoms. The van der Waals surface area contributed by atoms with Crippen molar-refractivity contribution in [3.8, 4) is 0 Å². The standard InChI is InChI=1S/C8H22OSi2/c1-8(2,3)9-11(4,5)7-6-10/h6-7H2,1-5,10H3. The van der Waals surface area contributed by atoms with Crippen LogP contribution < -0.4 is 0 Å². The van der Waals surface area contributed by atoms with Gasteiger partial charge in [0, 0.05) is 15.8 Å². The highest BCUT2D eigenvalue weighted by molar-refractivity contribution is 6.71. The van der Waals surface area contributed by atoms with Gasteiger partial charge in [-0.25, -0.2) is 0 Å². The first-order valence-corrected chi connectivity index (χ1v) is 9.00. The molecular formula is C8H22OSi2. The van der Waals surface area contributed by atoms with E-state index in [1.807, 2.05) is 0 Å². The normalized spacial score (nSPS) is 13.9. The quantitative estimate of drug-likeness (QED) is 0.617. The van der Waals surface area contributed by atoms with E-state index in [4.69, 9.17) is 4.43 Å². The van der Waals surface area contributed by atoms with Crippen molar-refractivity contribution in [2.75, 3.05) is 0 Å². The molecule has 0 saturated heterocycles. The summed E-state index contributed by atoms with van der Waals surface area (Å²) < 4.78 is 6.03. The smallest absolute Gasteiger partial charge is 0.187 e. The van der Waals surface area contributed by atoms with Crippen LogP contribution >= 0.6 is 0 Å². The molecule has 0 amide bonds. The molecule has 0 aliphatic carbocycles. The summed E-state index contributed by atoms with van der Waals surface area (Å²) in [6.45, 7) is 11.1. The van der Waals surface area contributed by atoms with E-state index in [0.29, 0.717) is 0 Å². The zero-order valence-electron chi connectivity index (χ0n) is 8.82. The summed E-state index contributed by atoms with van der Waals surface area (Å²) in [4.78, 5) is 0. The van der Waals surface area contributed by atoms with E-state index in [1.165, 1.54) is 22.3 Å². The van der Waals surface area contributed by atoms with Gasteiger partial charge in [-0.2, -0.15) is 0 Å². The second kappa shape index (κ2) is 3.87. The predicted octanol–water partition coefficient (Wildman–Crippen LogP) is 1.79. The Balaban J connectivity index is 3.91. The summed E-state index contributed by atoms with van der Waals surface area (Å²) >= 11 is 0. The summed E-state index contributed by atoms with van der Waals surface area (Å²) in [6.07, 6.45) is 0. The van der Waals surface area contributed by atoms with Gasteiger partial charge in [0.15, 0.2) is 8.32 Å². The Morgan fingerprint density at radius 3 is 2.00 bits per heavy atom. The van der Waals surface area contributed by atoms with E-state index in [2.05, 4.69) is 33.9 Å². The fraction of sp³-hybridized carbons (Fsp3) is 1.00. The topological polar surface area (TPSA) is 9.23 Å². The van der Waals surface area contributed by atoms with E-state index < -0.39 is 8.32 Å². The van der Waals surface area contributed by atoms with Gasteiger partial charge < -0.3 is 4.43 Å². The summed E-state index contributed by atoms with van der Waals surface area (Å²) in [5.74, 6) is 0. The molecule has 3 heteroatoms. The Morgan fingerprint density at radius 2 is 1.73 bits per heavy atom. The minimum atomic E-state index is -1.30. The third kappa shape index (κ3) is 6.78. The molecule has 0 aliphatic heterocycles. The van der Waals surface area contributed by atoms with Crippen LogP contribution in [0.25, 0.3) is 0 Å². The van der Waals surface area contributed by atoms with Crippen molar-refractivity contribution in [1.82, 2.24) is 0 Å². The maximum atomic E-state index is 6.03. The van der Waals surface area contributed by atoms with E-state index >= 15 is 0 Å². The van der Waals surface area contributed by atoms with E-state index in [9.17, 15) is 0 Å². The number of rotatable bonds is 3. The van der Waals surface area contributed by atoms with Crippen molar-refractivity contribution < 1.29 is 4.43 Å². The molecule has 0 bridgehead atoms. The van der Waals surface area contributed by atoms with Crippen LogP contribution in [0.2, 0.25) is 25.2 Å². The van der Waals surface area contributed by atoms with Crippen LogP contribution in [0.15, 0.2) is 0 Å². The van der Waals surface area contributed by atoms with Gasteiger partial charge >= 0.3 is 0 Å². The zero-order valence-corrected chi connectivity index (χ0v) is 11.8. The first-order valence-electron chi connectivity index (χ1n) is 4.47. The lowest BCUT2D eigenvalue weighted by Gasteiger charge is -2.32. The fourth-order valence-corrected chi connectivity index (χ4v) is 8.06. The largest absolute Gasteiger partial charge is 0.413 e. The first-order chi connectivity index (χ1) is 4.77. The van der Waals surface area contributed by atoms with Crippen molar-refractivity contribution in [1.29, 1.82) is 0 Å². The van der Waals surface area contributed by atoms with Gasteiger partial charge in [-0.1, -0.05) is 6.04 Å². The van der Waals surface area contributed by atoms with Crippen molar-refractivity contribution in [3.63, 3.8) is 0 Å². The third-order valence-corrected chi connectivity index (χ3v) is 5.80. The highest BCUT2D eigenvalue weighted by Crippen LogP contribution is 2.20. The minimum absolute atomic E-state index is 0.0620. The molecule has 0 aliphatic rings. The molecule has 0 unspecified atom stereocenters. The SMILES string of the molecule is CC(C)(C)O[Si](C)(C)CC[SiH3]. The summed E-state index contributed by atoms with van der Waals surface area (Å²) in [5, 5.41) is 0. The van der Waals surface area contributed by atoms with Crippen molar-refractivity contribution >= 4 is 18.6 Å². The van der Waals surface area contributed by atoms with Gasteiger partial charge in [-0.05, 0) is 39.9 Å². The Labute approximate surface area is 75.1 Å². The highest BCUT2D eigenvalue weighted by Gasteiger charge is 2.26. The molecule has 0 atom stereocenters. The average molecular weight is 190 g/mol. The van der Waals surface area contributed by atoms with Crippen molar-refractivity contribution in [2.24, 2.45) is 0 Å². The van der Waals surface area contributed by atoms with Crippen LogP contribution in [0.1, 0.15) is 20.8 Å². The van der Waals surface area contributed by atoms with Crippen LogP contribution in [0.3, 0.4) is 0 Å². The molecule has 0 heterocycles. The fourth-order valence-electron chi connectivity index (χ4n) is 1.48. The maximum Gasteiger partial charge on any atom is 0.187 e. The van der Waals surface area contributed by atoms with Gasteiger partial charge in [0.1, 0.15) is 0 Å². The molecular weight excluding hydrogens is 168 g/mol. The maximum absolute atomic E-state index is 6.03. The molecule has 0 aromatic rings. The van der Waals surface area contributed by atoms with Gasteiger partial charge in [0.05, 0.1) is 0 Å². The highest BCUT2D eigenvalue weighted by atomic mass is 28.4. The molecule has 0 N–H and O–H groups in total. The monoisotopic (exact) mass is 190 g/mol. The van der Waals surface area contributed by atoms with Crippen LogP contribution in [0.4, 0.5) is 0 Å². The zero-order chi connectivity index (χ0) is 9.12. The molecule has 0 aromatic carbocycles. The average Bonchev–Trinajstić information content (AvgIpc) is 1.55. The lowest BCUT2D eigenvalue weighted by atomic mass is 10.2. The Kier molecular flexibility index (Phi) is 4.01. The van der Waals surface area contributed by atoms with Crippen LogP contribution in [-0.4, -0.2) is 24.2 Å². The van der Waals surface area contributed by atoms with Gasteiger partial charge in [-0.3, -0.25) is 0 Å². The Bertz CT molecular complexity index is 116. The molecule has 0 saturated carbocycles. The van der Waals surface area contributed by atoms with Gasteiger partial charge in [0.2, 0.25) is 0 Å².